The molecular formula is C20H24N2O3. The molecule has 2 aromatic rings. The van der Waals surface area contributed by atoms with Crippen LogP contribution in [-0.2, 0) is 16.0 Å². The summed E-state index contributed by atoms with van der Waals surface area (Å²) in [7, 11) is 1.62. The molecule has 5 nitrogen and oxygen atoms in total. The lowest BCUT2D eigenvalue weighted by Crippen LogP contribution is -2.14. The van der Waals surface area contributed by atoms with Crippen molar-refractivity contribution in [2.24, 2.45) is 0 Å². The molecule has 2 N–H and O–H groups in total. The van der Waals surface area contributed by atoms with E-state index in [1.54, 1.807) is 20.1 Å². The van der Waals surface area contributed by atoms with E-state index in [1.165, 1.54) is 0 Å². The Bertz CT molecular complexity index is 756. The number of hydrogen-bond donors (Lipinski definition) is 2. The molecule has 0 fully saturated rings. The highest BCUT2D eigenvalue weighted by molar-refractivity contribution is 5.94. The van der Waals surface area contributed by atoms with Crippen molar-refractivity contribution in [2.75, 3.05) is 17.7 Å². The molecule has 0 aliphatic rings. The highest BCUT2D eigenvalue weighted by atomic mass is 16.5. The number of aryl methyl sites for hydroxylation is 2. The van der Waals surface area contributed by atoms with Crippen molar-refractivity contribution in [3.05, 3.63) is 53.6 Å². The van der Waals surface area contributed by atoms with Crippen molar-refractivity contribution >= 4 is 23.2 Å². The van der Waals surface area contributed by atoms with Gasteiger partial charge in [-0.15, -0.1) is 0 Å². The van der Waals surface area contributed by atoms with Crippen LogP contribution in [0.25, 0.3) is 0 Å². The lowest BCUT2D eigenvalue weighted by atomic mass is 10.1. The van der Waals surface area contributed by atoms with Gasteiger partial charge in [0.25, 0.3) is 0 Å². The summed E-state index contributed by atoms with van der Waals surface area (Å²) in [5, 5.41) is 5.72. The van der Waals surface area contributed by atoms with E-state index in [-0.39, 0.29) is 11.8 Å². The van der Waals surface area contributed by atoms with Crippen molar-refractivity contribution in [2.45, 2.75) is 33.1 Å². The SMILES string of the molecule is CCC(=O)Nc1ccc(C)c(NC(=O)CCc2cccc(OC)c2)c1. The molecule has 0 saturated carbocycles. The van der Waals surface area contributed by atoms with E-state index >= 15 is 0 Å². The fraction of sp³-hybridized carbons (Fsp3) is 0.300. The summed E-state index contributed by atoms with van der Waals surface area (Å²) in [6.45, 7) is 3.72. The fourth-order valence-electron chi connectivity index (χ4n) is 2.38. The molecule has 0 unspecified atom stereocenters. The molecule has 0 heterocycles. The highest BCUT2D eigenvalue weighted by Gasteiger charge is 2.08. The van der Waals surface area contributed by atoms with Crippen LogP contribution in [0.3, 0.4) is 0 Å². The first-order valence-corrected chi connectivity index (χ1v) is 8.35. The first-order chi connectivity index (χ1) is 12.0. The molecule has 2 aromatic carbocycles. The molecule has 5 heteroatoms. The monoisotopic (exact) mass is 340 g/mol. The average molecular weight is 340 g/mol. The van der Waals surface area contributed by atoms with E-state index in [1.807, 2.05) is 43.3 Å². The molecule has 132 valence electrons. The van der Waals surface area contributed by atoms with Gasteiger partial charge in [-0.3, -0.25) is 9.59 Å². The van der Waals surface area contributed by atoms with E-state index in [9.17, 15) is 9.59 Å². The molecule has 2 rings (SSSR count). The van der Waals surface area contributed by atoms with Gasteiger partial charge in [0, 0.05) is 24.2 Å². The molecule has 0 spiro atoms. The predicted octanol–water partition coefficient (Wildman–Crippen LogP) is 3.92. The van der Waals surface area contributed by atoms with Crippen molar-refractivity contribution in [1.29, 1.82) is 0 Å². The van der Waals surface area contributed by atoms with Crippen LogP contribution in [0.1, 0.15) is 30.9 Å². The van der Waals surface area contributed by atoms with E-state index in [4.69, 9.17) is 4.74 Å². The van der Waals surface area contributed by atoms with Crippen LogP contribution in [0.5, 0.6) is 5.75 Å². The number of methoxy groups -OCH3 is 1. The van der Waals surface area contributed by atoms with Gasteiger partial charge in [0.2, 0.25) is 11.8 Å². The third kappa shape index (κ3) is 5.64. The average Bonchev–Trinajstić information content (AvgIpc) is 2.62. The molecular weight excluding hydrogens is 316 g/mol. The normalized spacial score (nSPS) is 10.2. The second-order valence-corrected chi connectivity index (χ2v) is 5.83. The Kier molecular flexibility index (Phi) is 6.57. The zero-order valence-corrected chi connectivity index (χ0v) is 14.9. The van der Waals surface area contributed by atoms with Crippen molar-refractivity contribution < 1.29 is 14.3 Å². The fourth-order valence-corrected chi connectivity index (χ4v) is 2.38. The van der Waals surface area contributed by atoms with Gasteiger partial charge >= 0.3 is 0 Å². The molecule has 0 radical (unpaired) electrons. The minimum atomic E-state index is -0.0649. The lowest BCUT2D eigenvalue weighted by molar-refractivity contribution is -0.116. The zero-order valence-electron chi connectivity index (χ0n) is 14.9. The number of anilines is 2. The summed E-state index contributed by atoms with van der Waals surface area (Å²) in [6, 6.07) is 13.2. The van der Waals surface area contributed by atoms with Crippen LogP contribution in [0.4, 0.5) is 11.4 Å². The Balaban J connectivity index is 1.97. The summed E-state index contributed by atoms with van der Waals surface area (Å²) < 4.78 is 5.19. The molecule has 0 aromatic heterocycles. The van der Waals surface area contributed by atoms with Gasteiger partial charge in [-0.2, -0.15) is 0 Å². The van der Waals surface area contributed by atoms with Gasteiger partial charge in [0.1, 0.15) is 5.75 Å². The number of amides is 2. The number of hydrogen-bond acceptors (Lipinski definition) is 3. The maximum Gasteiger partial charge on any atom is 0.224 e. The molecule has 0 aliphatic carbocycles. The molecule has 25 heavy (non-hydrogen) atoms. The van der Waals surface area contributed by atoms with Crippen LogP contribution in [0.2, 0.25) is 0 Å². The van der Waals surface area contributed by atoms with E-state index < -0.39 is 0 Å². The minimum Gasteiger partial charge on any atom is -0.497 e. The Hall–Kier alpha value is -2.82. The number of ether oxygens (including phenoxy) is 1. The van der Waals surface area contributed by atoms with Crippen molar-refractivity contribution in [3.63, 3.8) is 0 Å². The van der Waals surface area contributed by atoms with Crippen LogP contribution in [-0.4, -0.2) is 18.9 Å². The van der Waals surface area contributed by atoms with E-state index in [0.717, 1.165) is 16.9 Å². The van der Waals surface area contributed by atoms with Gasteiger partial charge in [0.15, 0.2) is 0 Å². The molecule has 0 atom stereocenters. The van der Waals surface area contributed by atoms with Crippen LogP contribution < -0.4 is 15.4 Å². The van der Waals surface area contributed by atoms with E-state index in [2.05, 4.69) is 10.6 Å². The molecule has 2 amide bonds. The number of rotatable bonds is 7. The molecule has 0 saturated heterocycles. The van der Waals surface area contributed by atoms with Gasteiger partial charge in [-0.05, 0) is 48.7 Å². The highest BCUT2D eigenvalue weighted by Crippen LogP contribution is 2.21. The standard InChI is InChI=1S/C20H24N2O3/c1-4-19(23)21-16-10-8-14(2)18(13-16)22-20(24)11-9-15-6-5-7-17(12-15)25-3/h5-8,10,12-13H,4,9,11H2,1-3H3,(H,21,23)(H,22,24). The number of nitrogens with one attached hydrogen (secondary N) is 2. The smallest absolute Gasteiger partial charge is 0.224 e. The summed E-state index contributed by atoms with van der Waals surface area (Å²) in [5.41, 5.74) is 3.39. The summed E-state index contributed by atoms with van der Waals surface area (Å²) in [6.07, 6.45) is 1.42. The molecule has 0 bridgehead atoms. The number of carbonyl (C=O) groups excluding carboxylic acids is 2. The van der Waals surface area contributed by atoms with E-state index in [0.29, 0.717) is 30.6 Å². The minimum absolute atomic E-state index is 0.0563. The van der Waals surface area contributed by atoms with Gasteiger partial charge < -0.3 is 15.4 Å². The Morgan fingerprint density at radius 1 is 1.04 bits per heavy atom. The summed E-state index contributed by atoms with van der Waals surface area (Å²) in [4.78, 5) is 23.8. The van der Waals surface area contributed by atoms with Crippen LogP contribution >= 0.6 is 0 Å². The zero-order chi connectivity index (χ0) is 18.2. The maximum absolute atomic E-state index is 12.3. The van der Waals surface area contributed by atoms with Crippen LogP contribution in [0, 0.1) is 6.92 Å². The lowest BCUT2D eigenvalue weighted by Gasteiger charge is -2.11. The Morgan fingerprint density at radius 3 is 2.56 bits per heavy atom. The third-order valence-electron chi connectivity index (χ3n) is 3.89. The largest absolute Gasteiger partial charge is 0.497 e. The first-order valence-electron chi connectivity index (χ1n) is 8.35. The Labute approximate surface area is 148 Å². The number of carbonyl (C=O) groups is 2. The second kappa shape index (κ2) is 8.87. The maximum atomic E-state index is 12.3. The Morgan fingerprint density at radius 2 is 1.84 bits per heavy atom. The summed E-state index contributed by atoms with van der Waals surface area (Å²) in [5.74, 6) is 0.664. The van der Waals surface area contributed by atoms with Crippen molar-refractivity contribution in [1.82, 2.24) is 0 Å². The van der Waals surface area contributed by atoms with Gasteiger partial charge in [-0.25, -0.2) is 0 Å². The topological polar surface area (TPSA) is 67.4 Å². The van der Waals surface area contributed by atoms with Gasteiger partial charge in [-0.1, -0.05) is 25.1 Å². The molecule has 0 aliphatic heterocycles. The first kappa shape index (κ1) is 18.5. The summed E-state index contributed by atoms with van der Waals surface area (Å²) >= 11 is 0. The quantitative estimate of drug-likeness (QED) is 0.803. The third-order valence-corrected chi connectivity index (χ3v) is 3.89. The van der Waals surface area contributed by atoms with Crippen LogP contribution in [0.15, 0.2) is 42.5 Å². The predicted molar refractivity (Wildman–Crippen MR) is 100 cm³/mol. The van der Waals surface area contributed by atoms with Gasteiger partial charge in [0.05, 0.1) is 7.11 Å². The van der Waals surface area contributed by atoms with Crippen molar-refractivity contribution in [3.8, 4) is 5.75 Å². The number of benzene rings is 2. The second-order valence-electron chi connectivity index (χ2n) is 5.83.